The van der Waals surface area contributed by atoms with E-state index >= 15 is 0 Å². The Hall–Kier alpha value is -3.07. The number of likely N-dealkylation sites (tertiary alicyclic amines) is 1. The SMILES string of the molecule is CC(C)c1c2c(nn1C)CCN(c1nc(Nc3ccc(C4CCN(C)CC4)cn3)ncc1F)C2. The summed E-state index contributed by atoms with van der Waals surface area (Å²) in [5.41, 5.74) is 4.74. The molecule has 180 valence electrons. The van der Waals surface area contributed by atoms with E-state index in [2.05, 4.69) is 57.2 Å². The zero-order valence-corrected chi connectivity index (χ0v) is 20.4. The second-order valence-corrected chi connectivity index (χ2v) is 9.80. The van der Waals surface area contributed by atoms with Gasteiger partial charge < -0.3 is 15.1 Å². The summed E-state index contributed by atoms with van der Waals surface area (Å²) in [6.45, 7) is 7.81. The van der Waals surface area contributed by atoms with Crippen LogP contribution in [0.15, 0.2) is 24.5 Å². The molecular weight excluding hydrogens is 431 g/mol. The summed E-state index contributed by atoms with van der Waals surface area (Å²) in [6.07, 6.45) is 6.25. The van der Waals surface area contributed by atoms with Gasteiger partial charge in [-0.25, -0.2) is 14.4 Å². The molecule has 5 heterocycles. The van der Waals surface area contributed by atoms with Gasteiger partial charge in [0.1, 0.15) is 5.82 Å². The van der Waals surface area contributed by atoms with Crippen LogP contribution in [0.2, 0.25) is 0 Å². The minimum Gasteiger partial charge on any atom is -0.349 e. The van der Waals surface area contributed by atoms with Crippen LogP contribution in [0.5, 0.6) is 0 Å². The lowest BCUT2D eigenvalue weighted by Crippen LogP contribution is -2.32. The van der Waals surface area contributed by atoms with Gasteiger partial charge in [-0.2, -0.15) is 10.1 Å². The Bertz CT molecular complexity index is 1150. The molecule has 0 saturated carbocycles. The number of aromatic nitrogens is 5. The highest BCUT2D eigenvalue weighted by atomic mass is 19.1. The first-order valence-corrected chi connectivity index (χ1v) is 12.1. The van der Waals surface area contributed by atoms with Crippen molar-refractivity contribution in [3.8, 4) is 0 Å². The molecule has 0 spiro atoms. The molecule has 1 fully saturated rings. The maximum absolute atomic E-state index is 14.8. The van der Waals surface area contributed by atoms with Crippen LogP contribution in [0.1, 0.15) is 61.0 Å². The van der Waals surface area contributed by atoms with E-state index in [1.165, 1.54) is 23.0 Å². The van der Waals surface area contributed by atoms with Gasteiger partial charge in [-0.15, -0.1) is 0 Å². The van der Waals surface area contributed by atoms with Crippen LogP contribution in [0.25, 0.3) is 0 Å². The van der Waals surface area contributed by atoms with Crippen molar-refractivity contribution in [1.29, 1.82) is 0 Å². The smallest absolute Gasteiger partial charge is 0.230 e. The Morgan fingerprint density at radius 3 is 2.56 bits per heavy atom. The third-order valence-electron chi connectivity index (χ3n) is 7.03. The van der Waals surface area contributed by atoms with Gasteiger partial charge in [-0.3, -0.25) is 4.68 Å². The topological polar surface area (TPSA) is 75.0 Å². The quantitative estimate of drug-likeness (QED) is 0.612. The van der Waals surface area contributed by atoms with Crippen molar-refractivity contribution < 1.29 is 4.39 Å². The molecule has 0 aliphatic carbocycles. The molecule has 9 heteroatoms. The molecule has 0 unspecified atom stereocenters. The highest BCUT2D eigenvalue weighted by Gasteiger charge is 2.27. The Morgan fingerprint density at radius 1 is 1.06 bits per heavy atom. The monoisotopic (exact) mass is 464 g/mol. The van der Waals surface area contributed by atoms with Crippen LogP contribution in [0, 0.1) is 5.82 Å². The van der Waals surface area contributed by atoms with Crippen LogP contribution in [-0.4, -0.2) is 56.3 Å². The summed E-state index contributed by atoms with van der Waals surface area (Å²) < 4.78 is 16.7. The number of nitrogens with zero attached hydrogens (tertiary/aromatic N) is 7. The van der Waals surface area contributed by atoms with Crippen molar-refractivity contribution in [3.05, 3.63) is 52.9 Å². The molecule has 2 aliphatic rings. The second kappa shape index (κ2) is 9.29. The number of anilines is 3. The summed E-state index contributed by atoms with van der Waals surface area (Å²) in [5, 5.41) is 7.83. The molecule has 5 rings (SSSR count). The molecule has 0 bridgehead atoms. The van der Waals surface area contributed by atoms with Gasteiger partial charge in [0.05, 0.1) is 11.9 Å². The Kier molecular flexibility index (Phi) is 6.20. The molecule has 34 heavy (non-hydrogen) atoms. The standard InChI is InChI=1S/C25H33FN8/c1-16(2)23-19-15-34(12-9-21(19)31-33(23)4)24-20(26)14-28-25(30-24)29-22-6-5-18(13-27-22)17-7-10-32(3)11-8-17/h5-6,13-14,16-17H,7-12,15H2,1-4H3,(H,27,28,29,30). The van der Waals surface area contributed by atoms with Crippen LogP contribution < -0.4 is 10.2 Å². The second-order valence-electron chi connectivity index (χ2n) is 9.80. The van der Waals surface area contributed by atoms with Crippen molar-refractivity contribution in [3.63, 3.8) is 0 Å². The van der Waals surface area contributed by atoms with Gasteiger partial charge in [0.15, 0.2) is 11.6 Å². The van der Waals surface area contributed by atoms with E-state index in [0.717, 1.165) is 38.0 Å². The summed E-state index contributed by atoms with van der Waals surface area (Å²) in [5.74, 6) is 1.79. The number of hydrogen-bond acceptors (Lipinski definition) is 7. The van der Waals surface area contributed by atoms with E-state index in [1.807, 2.05) is 28.9 Å². The number of halogens is 1. The number of pyridine rings is 1. The first-order chi connectivity index (χ1) is 16.4. The Labute approximate surface area is 200 Å². The molecule has 1 N–H and O–H groups in total. The van der Waals surface area contributed by atoms with E-state index < -0.39 is 5.82 Å². The number of piperidine rings is 1. The van der Waals surface area contributed by atoms with Gasteiger partial charge in [-0.05, 0) is 56.4 Å². The average Bonchev–Trinajstić information content (AvgIpc) is 3.16. The summed E-state index contributed by atoms with van der Waals surface area (Å²) >= 11 is 0. The minimum atomic E-state index is -0.422. The van der Waals surface area contributed by atoms with Gasteiger partial charge >= 0.3 is 0 Å². The maximum Gasteiger partial charge on any atom is 0.230 e. The predicted molar refractivity (Wildman–Crippen MR) is 131 cm³/mol. The van der Waals surface area contributed by atoms with Gasteiger partial charge in [0, 0.05) is 44.0 Å². The number of rotatable bonds is 5. The lowest BCUT2D eigenvalue weighted by molar-refractivity contribution is 0.255. The lowest BCUT2D eigenvalue weighted by atomic mass is 9.91. The fourth-order valence-electron chi connectivity index (χ4n) is 5.24. The van der Waals surface area contributed by atoms with Crippen LogP contribution >= 0.6 is 0 Å². The molecule has 3 aromatic rings. The summed E-state index contributed by atoms with van der Waals surface area (Å²) in [7, 11) is 4.15. The molecule has 8 nitrogen and oxygen atoms in total. The Balaban J connectivity index is 1.32. The highest BCUT2D eigenvalue weighted by Crippen LogP contribution is 2.31. The number of hydrogen-bond donors (Lipinski definition) is 1. The fourth-order valence-corrected chi connectivity index (χ4v) is 5.24. The van der Waals surface area contributed by atoms with Crippen molar-refractivity contribution in [2.24, 2.45) is 7.05 Å². The van der Waals surface area contributed by atoms with E-state index in [4.69, 9.17) is 0 Å². The van der Waals surface area contributed by atoms with Crippen molar-refractivity contribution in [1.82, 2.24) is 29.6 Å². The van der Waals surface area contributed by atoms with E-state index in [1.54, 1.807) is 0 Å². The Morgan fingerprint density at radius 2 is 1.85 bits per heavy atom. The highest BCUT2D eigenvalue weighted by molar-refractivity contribution is 5.53. The van der Waals surface area contributed by atoms with Crippen LogP contribution in [-0.2, 0) is 20.0 Å². The molecule has 3 aromatic heterocycles. The average molecular weight is 465 g/mol. The molecule has 0 aromatic carbocycles. The van der Waals surface area contributed by atoms with Gasteiger partial charge in [0.25, 0.3) is 0 Å². The third-order valence-corrected chi connectivity index (χ3v) is 7.03. The van der Waals surface area contributed by atoms with Crippen LogP contribution in [0.4, 0.5) is 22.0 Å². The van der Waals surface area contributed by atoms with Gasteiger partial charge in [0.2, 0.25) is 5.95 Å². The normalized spacial score (nSPS) is 17.3. The van der Waals surface area contributed by atoms with E-state index in [9.17, 15) is 4.39 Å². The number of aryl methyl sites for hydroxylation is 1. The molecule has 0 amide bonds. The van der Waals surface area contributed by atoms with Gasteiger partial charge in [-0.1, -0.05) is 19.9 Å². The maximum atomic E-state index is 14.8. The first-order valence-electron chi connectivity index (χ1n) is 12.1. The molecule has 2 aliphatic heterocycles. The minimum absolute atomic E-state index is 0.310. The third kappa shape index (κ3) is 4.49. The first kappa shape index (κ1) is 22.7. The zero-order valence-electron chi connectivity index (χ0n) is 20.4. The fraction of sp³-hybridized carbons (Fsp3) is 0.520. The van der Waals surface area contributed by atoms with Crippen molar-refractivity contribution in [2.75, 3.05) is 36.9 Å². The largest absolute Gasteiger partial charge is 0.349 e. The number of fused-ring (bicyclic) bond motifs is 1. The van der Waals surface area contributed by atoms with Crippen molar-refractivity contribution >= 4 is 17.6 Å². The molecule has 0 radical (unpaired) electrons. The summed E-state index contributed by atoms with van der Waals surface area (Å²) in [6, 6.07) is 4.08. The van der Waals surface area contributed by atoms with E-state index in [-0.39, 0.29) is 0 Å². The molecule has 0 atom stereocenters. The zero-order chi connectivity index (χ0) is 23.8. The van der Waals surface area contributed by atoms with Crippen molar-refractivity contribution in [2.45, 2.75) is 51.5 Å². The van der Waals surface area contributed by atoms with Crippen LogP contribution in [0.3, 0.4) is 0 Å². The van der Waals surface area contributed by atoms with E-state index in [0.29, 0.717) is 42.5 Å². The predicted octanol–water partition coefficient (Wildman–Crippen LogP) is 3.98. The number of nitrogens with one attached hydrogen (secondary N) is 1. The molecule has 1 saturated heterocycles. The molecular formula is C25H33FN8. The summed E-state index contributed by atoms with van der Waals surface area (Å²) in [4.78, 5) is 17.6. The lowest BCUT2D eigenvalue weighted by Gasteiger charge is -2.29.